The molecule has 1 amide bonds. The number of amides is 1. The quantitative estimate of drug-likeness (QED) is 0.852. The summed E-state index contributed by atoms with van der Waals surface area (Å²) in [6.07, 6.45) is 3.60. The summed E-state index contributed by atoms with van der Waals surface area (Å²) >= 11 is 0. The summed E-state index contributed by atoms with van der Waals surface area (Å²) < 4.78 is 5.19. The fourth-order valence-corrected chi connectivity index (χ4v) is 2.75. The van der Waals surface area contributed by atoms with Gasteiger partial charge in [-0.3, -0.25) is 4.79 Å². The second-order valence-corrected chi connectivity index (χ2v) is 5.17. The number of phenolic OH excluding ortho intramolecular Hbond substituents is 1. The molecule has 0 spiro atoms. The monoisotopic (exact) mass is 263 g/mol. The van der Waals surface area contributed by atoms with Crippen molar-refractivity contribution in [3.63, 3.8) is 0 Å². The molecule has 1 fully saturated rings. The molecule has 1 aliphatic carbocycles. The molecule has 1 aliphatic rings. The maximum absolute atomic E-state index is 12.0. The Morgan fingerprint density at radius 2 is 2.32 bits per heavy atom. The highest BCUT2D eigenvalue weighted by Gasteiger charge is 2.28. The number of carbonyl (C=O) groups excluding carboxylic acids is 1. The molecular formula is C15H21NO3. The van der Waals surface area contributed by atoms with E-state index >= 15 is 0 Å². The predicted octanol–water partition coefficient (Wildman–Crippen LogP) is 1.87. The number of phenols is 1. The molecule has 4 heteroatoms. The fourth-order valence-electron chi connectivity index (χ4n) is 2.75. The van der Waals surface area contributed by atoms with Crippen molar-refractivity contribution < 1.29 is 14.6 Å². The van der Waals surface area contributed by atoms with Gasteiger partial charge >= 0.3 is 0 Å². The summed E-state index contributed by atoms with van der Waals surface area (Å²) in [5.74, 6) is 0.639. The lowest BCUT2D eigenvalue weighted by molar-refractivity contribution is -0.121. The van der Waals surface area contributed by atoms with Crippen LogP contribution in [0.15, 0.2) is 24.3 Å². The highest BCUT2D eigenvalue weighted by atomic mass is 16.5. The summed E-state index contributed by atoms with van der Waals surface area (Å²) in [4.78, 5) is 12.0. The van der Waals surface area contributed by atoms with E-state index in [1.807, 2.05) is 6.07 Å². The third-order valence-electron chi connectivity index (χ3n) is 3.66. The Balaban J connectivity index is 1.87. The highest BCUT2D eigenvalue weighted by molar-refractivity contribution is 5.79. The number of aromatic hydroxyl groups is 1. The van der Waals surface area contributed by atoms with Crippen LogP contribution in [-0.4, -0.2) is 30.8 Å². The molecular weight excluding hydrogens is 242 g/mol. The molecule has 0 radical (unpaired) electrons. The summed E-state index contributed by atoms with van der Waals surface area (Å²) in [6, 6.07) is 7.06. The summed E-state index contributed by atoms with van der Waals surface area (Å²) in [6.45, 7) is 0.705. The van der Waals surface area contributed by atoms with Gasteiger partial charge in [-0.05, 0) is 30.5 Å². The molecule has 1 aromatic carbocycles. The van der Waals surface area contributed by atoms with Crippen molar-refractivity contribution in [2.45, 2.75) is 31.7 Å². The molecule has 0 heterocycles. The molecule has 104 valence electrons. The van der Waals surface area contributed by atoms with Gasteiger partial charge in [0, 0.05) is 19.1 Å². The van der Waals surface area contributed by atoms with Crippen molar-refractivity contribution in [1.82, 2.24) is 5.32 Å². The topological polar surface area (TPSA) is 58.6 Å². The lowest BCUT2D eigenvalue weighted by Gasteiger charge is -2.20. The van der Waals surface area contributed by atoms with Gasteiger partial charge in [0.15, 0.2) is 0 Å². The van der Waals surface area contributed by atoms with Crippen LogP contribution in [0.5, 0.6) is 5.75 Å². The predicted molar refractivity (Wildman–Crippen MR) is 73.0 cm³/mol. The fraction of sp³-hybridized carbons (Fsp3) is 0.533. The first-order valence-corrected chi connectivity index (χ1v) is 6.75. The normalized spacial score (nSPS) is 22.4. The number of hydrogen-bond acceptors (Lipinski definition) is 3. The van der Waals surface area contributed by atoms with E-state index in [0.29, 0.717) is 18.9 Å². The molecule has 2 atom stereocenters. The molecule has 0 saturated heterocycles. The van der Waals surface area contributed by atoms with Crippen LogP contribution in [0.2, 0.25) is 0 Å². The lowest BCUT2D eigenvalue weighted by Crippen LogP contribution is -2.39. The zero-order valence-electron chi connectivity index (χ0n) is 11.3. The Kier molecular flexibility index (Phi) is 4.80. The molecule has 1 saturated carbocycles. The minimum Gasteiger partial charge on any atom is -0.508 e. The van der Waals surface area contributed by atoms with E-state index in [1.165, 1.54) is 0 Å². The van der Waals surface area contributed by atoms with E-state index in [1.54, 1.807) is 25.3 Å². The van der Waals surface area contributed by atoms with Gasteiger partial charge in [0.2, 0.25) is 5.91 Å². The van der Waals surface area contributed by atoms with Crippen molar-refractivity contribution in [3.05, 3.63) is 29.8 Å². The molecule has 2 N–H and O–H groups in total. The second-order valence-electron chi connectivity index (χ2n) is 5.17. The maximum Gasteiger partial charge on any atom is 0.224 e. The van der Waals surface area contributed by atoms with Crippen LogP contribution in [0.3, 0.4) is 0 Å². The first-order valence-electron chi connectivity index (χ1n) is 6.75. The Morgan fingerprint density at radius 3 is 3.05 bits per heavy atom. The maximum atomic E-state index is 12.0. The largest absolute Gasteiger partial charge is 0.508 e. The van der Waals surface area contributed by atoms with E-state index in [0.717, 1.165) is 24.8 Å². The van der Waals surface area contributed by atoms with Gasteiger partial charge in [-0.15, -0.1) is 0 Å². The second kappa shape index (κ2) is 6.57. The van der Waals surface area contributed by atoms with Gasteiger partial charge in [-0.2, -0.15) is 0 Å². The SMILES string of the molecule is COC[C@H]1CCC[C@H]1NC(=O)Cc1cccc(O)c1. The van der Waals surface area contributed by atoms with Crippen LogP contribution in [0, 0.1) is 5.92 Å². The zero-order chi connectivity index (χ0) is 13.7. The van der Waals surface area contributed by atoms with Crippen LogP contribution < -0.4 is 5.32 Å². The number of hydrogen-bond donors (Lipinski definition) is 2. The minimum absolute atomic E-state index is 0.0126. The number of nitrogens with one attached hydrogen (secondary N) is 1. The smallest absolute Gasteiger partial charge is 0.224 e. The van der Waals surface area contributed by atoms with Gasteiger partial charge in [0.05, 0.1) is 13.0 Å². The molecule has 19 heavy (non-hydrogen) atoms. The average Bonchev–Trinajstić information content (AvgIpc) is 2.77. The Morgan fingerprint density at radius 1 is 1.47 bits per heavy atom. The summed E-state index contributed by atoms with van der Waals surface area (Å²) in [7, 11) is 1.70. The molecule has 0 unspecified atom stereocenters. The van der Waals surface area contributed by atoms with E-state index < -0.39 is 0 Å². The summed E-state index contributed by atoms with van der Waals surface area (Å²) in [5.41, 5.74) is 0.832. The Bertz CT molecular complexity index is 433. The Hall–Kier alpha value is -1.55. The van der Waals surface area contributed by atoms with Gasteiger partial charge in [0.1, 0.15) is 5.75 Å². The first kappa shape index (κ1) is 13.9. The van der Waals surface area contributed by atoms with E-state index in [9.17, 15) is 9.90 Å². The molecule has 4 nitrogen and oxygen atoms in total. The number of methoxy groups -OCH3 is 1. The van der Waals surface area contributed by atoms with Gasteiger partial charge < -0.3 is 15.2 Å². The van der Waals surface area contributed by atoms with E-state index in [4.69, 9.17) is 4.74 Å². The van der Waals surface area contributed by atoms with Gasteiger partial charge in [-0.25, -0.2) is 0 Å². The lowest BCUT2D eigenvalue weighted by atomic mass is 10.0. The van der Waals surface area contributed by atoms with Gasteiger partial charge in [-0.1, -0.05) is 18.6 Å². The zero-order valence-corrected chi connectivity index (χ0v) is 11.3. The van der Waals surface area contributed by atoms with Crippen molar-refractivity contribution >= 4 is 5.91 Å². The van der Waals surface area contributed by atoms with Crippen LogP contribution in [0.25, 0.3) is 0 Å². The molecule has 1 aromatic rings. The van der Waals surface area contributed by atoms with E-state index in [-0.39, 0.29) is 17.7 Å². The van der Waals surface area contributed by atoms with Crippen molar-refractivity contribution in [1.29, 1.82) is 0 Å². The van der Waals surface area contributed by atoms with Crippen molar-refractivity contribution in [2.75, 3.05) is 13.7 Å². The highest BCUT2D eigenvalue weighted by Crippen LogP contribution is 2.25. The molecule has 0 bridgehead atoms. The van der Waals surface area contributed by atoms with Crippen LogP contribution in [0.4, 0.5) is 0 Å². The average molecular weight is 263 g/mol. The molecule has 0 aromatic heterocycles. The van der Waals surface area contributed by atoms with Crippen LogP contribution >= 0.6 is 0 Å². The molecule has 0 aliphatic heterocycles. The van der Waals surface area contributed by atoms with Crippen LogP contribution in [-0.2, 0) is 16.0 Å². The number of carbonyl (C=O) groups is 1. The third-order valence-corrected chi connectivity index (χ3v) is 3.66. The number of ether oxygens (including phenoxy) is 1. The standard InChI is InChI=1S/C15H21NO3/c1-19-10-12-5-3-7-14(12)16-15(18)9-11-4-2-6-13(17)8-11/h2,4,6,8,12,14,17H,3,5,7,9-10H2,1H3,(H,16,18)/t12-,14-/m1/s1. The number of rotatable bonds is 5. The van der Waals surface area contributed by atoms with E-state index in [2.05, 4.69) is 5.32 Å². The third kappa shape index (κ3) is 3.96. The van der Waals surface area contributed by atoms with Crippen molar-refractivity contribution in [3.8, 4) is 5.75 Å². The Labute approximate surface area is 113 Å². The minimum atomic E-state index is 0.0126. The summed E-state index contributed by atoms with van der Waals surface area (Å²) in [5, 5.41) is 12.5. The first-order chi connectivity index (χ1) is 9.19. The number of benzene rings is 1. The van der Waals surface area contributed by atoms with Crippen molar-refractivity contribution in [2.24, 2.45) is 5.92 Å². The van der Waals surface area contributed by atoms with Crippen LogP contribution in [0.1, 0.15) is 24.8 Å². The van der Waals surface area contributed by atoms with Gasteiger partial charge in [0.25, 0.3) is 0 Å². The molecule has 2 rings (SSSR count).